The van der Waals surface area contributed by atoms with Gasteiger partial charge in [-0.05, 0) is 44.7 Å². The number of hydrogen-bond acceptors (Lipinski definition) is 2. The minimum atomic E-state index is -0.147. The summed E-state index contributed by atoms with van der Waals surface area (Å²) in [5.41, 5.74) is 7.20. The predicted octanol–water partition coefficient (Wildman–Crippen LogP) is 6.92. The molecule has 0 N–H and O–H groups in total. The fourth-order valence-electron chi connectivity index (χ4n) is 8.20. The molecule has 4 heterocycles. The third-order valence-electron chi connectivity index (χ3n) is 11.1. The first-order chi connectivity index (χ1) is 25.4. The highest BCUT2D eigenvalue weighted by molar-refractivity contribution is 6.46. The standard InChI is InChI=1S/C44H54N6O2/c1-5-7-9-15-21-45-23-25-47(31-45)27-29-49-33(3)39(35-17-11-13-19-37(35)49)41-43(51)42(44(41)52)40-34(4)50(38-20-14-12-18-36(38)40)30-28-48-26-24-46(32-48)22-16-10-8-6-2/h11-14,17-20,23-26,31-32H,5-10,15-16,21-22,27-30H2,1-4H3/q+2. The van der Waals surface area contributed by atoms with Crippen molar-refractivity contribution in [2.24, 2.45) is 0 Å². The first-order valence-electron chi connectivity index (χ1n) is 19.5. The van der Waals surface area contributed by atoms with Crippen molar-refractivity contribution in [1.82, 2.24) is 13.7 Å². The van der Waals surface area contributed by atoms with E-state index in [1.807, 2.05) is 36.4 Å². The molecule has 0 saturated carbocycles. The average Bonchev–Trinajstić information content (AvgIpc) is 3.93. The molecule has 7 rings (SSSR count). The Labute approximate surface area is 308 Å². The van der Waals surface area contributed by atoms with E-state index in [1.54, 1.807) is 0 Å². The number of aryl methyl sites for hydroxylation is 4. The van der Waals surface area contributed by atoms with Gasteiger partial charge in [-0.1, -0.05) is 75.6 Å². The Morgan fingerprint density at radius 3 is 1.98 bits per heavy atom. The number of ketones is 1. The minimum Gasteiger partial charge on any atom is -0.871 e. The summed E-state index contributed by atoms with van der Waals surface area (Å²) in [5, 5.41) is 15.2. The van der Waals surface area contributed by atoms with Crippen LogP contribution in [0.5, 0.6) is 0 Å². The summed E-state index contributed by atoms with van der Waals surface area (Å²) in [5.74, 6) is -0.294. The van der Waals surface area contributed by atoms with Crippen LogP contribution in [0, 0.1) is 6.92 Å². The van der Waals surface area contributed by atoms with Crippen LogP contribution in [0.25, 0.3) is 22.0 Å². The number of hydrogen-bond donors (Lipinski definition) is 0. The zero-order valence-electron chi connectivity index (χ0n) is 31.5. The topological polar surface area (TPSA) is 65.7 Å². The lowest BCUT2D eigenvalue weighted by molar-refractivity contribution is -0.697. The fourth-order valence-corrected chi connectivity index (χ4v) is 8.20. The van der Waals surface area contributed by atoms with Crippen LogP contribution in [0.3, 0.4) is 0 Å². The molecule has 0 fully saturated rings. The molecule has 8 heteroatoms. The predicted molar refractivity (Wildman–Crippen MR) is 205 cm³/mol. The molecule has 0 amide bonds. The molecule has 5 aromatic rings. The monoisotopic (exact) mass is 698 g/mol. The highest BCUT2D eigenvalue weighted by Gasteiger charge is 2.41. The third-order valence-corrected chi connectivity index (χ3v) is 11.1. The van der Waals surface area contributed by atoms with Gasteiger partial charge in [-0.2, -0.15) is 4.58 Å². The van der Waals surface area contributed by atoms with Crippen LogP contribution in [-0.4, -0.2) is 36.3 Å². The summed E-state index contributed by atoms with van der Waals surface area (Å²) < 4.78 is 13.5. The Bertz CT molecular complexity index is 2190. The molecule has 2 aromatic carbocycles. The van der Waals surface area contributed by atoms with Crippen LogP contribution in [0.2, 0.25) is 0 Å². The van der Waals surface area contributed by atoms with Gasteiger partial charge in [-0.3, -0.25) is 4.79 Å². The lowest BCUT2D eigenvalue weighted by Gasteiger charge is -2.32. The van der Waals surface area contributed by atoms with Gasteiger partial charge in [0.25, 0.3) is 0 Å². The van der Waals surface area contributed by atoms with Crippen LogP contribution in [-0.2, 0) is 37.5 Å². The first-order valence-corrected chi connectivity index (χ1v) is 19.5. The molecule has 270 valence electrons. The lowest BCUT2D eigenvalue weighted by Crippen LogP contribution is -2.31. The van der Waals surface area contributed by atoms with Crippen molar-refractivity contribution < 1.29 is 23.6 Å². The van der Waals surface area contributed by atoms with E-state index in [4.69, 9.17) is 0 Å². The molecular weight excluding hydrogens is 645 g/mol. The molecule has 0 unspecified atom stereocenters. The van der Waals surface area contributed by atoms with E-state index in [9.17, 15) is 9.90 Å². The van der Waals surface area contributed by atoms with Gasteiger partial charge in [-0.15, -0.1) is 0 Å². The normalized spacial score (nSPS) is 15.7. The minimum absolute atomic E-state index is 0.147. The van der Waals surface area contributed by atoms with Gasteiger partial charge in [0, 0.05) is 46.3 Å². The van der Waals surface area contributed by atoms with E-state index in [0.29, 0.717) is 11.1 Å². The number of allylic oxidation sites excluding steroid dienone is 3. The molecule has 0 bridgehead atoms. The number of aromatic nitrogens is 5. The molecule has 52 heavy (non-hydrogen) atoms. The molecule has 8 nitrogen and oxygen atoms in total. The summed E-state index contributed by atoms with van der Waals surface area (Å²) in [6.45, 7) is 13.8. The third kappa shape index (κ3) is 6.83. The number of benzene rings is 2. The van der Waals surface area contributed by atoms with Gasteiger partial charge in [-0.25, -0.2) is 18.3 Å². The lowest BCUT2D eigenvalue weighted by atomic mass is 9.78. The van der Waals surface area contributed by atoms with E-state index >= 15 is 0 Å². The Kier molecular flexibility index (Phi) is 10.7. The zero-order chi connectivity index (χ0) is 36.2. The van der Waals surface area contributed by atoms with Crippen molar-refractivity contribution in [2.75, 3.05) is 6.54 Å². The maximum atomic E-state index is 14.3. The van der Waals surface area contributed by atoms with E-state index < -0.39 is 0 Å². The molecule has 2 aliphatic rings. The average molecular weight is 699 g/mol. The van der Waals surface area contributed by atoms with Crippen molar-refractivity contribution in [3.05, 3.63) is 114 Å². The van der Waals surface area contributed by atoms with Gasteiger partial charge < -0.3 is 9.67 Å². The molecule has 0 saturated heterocycles. The smallest absolute Gasteiger partial charge is 0.243 e. The van der Waals surface area contributed by atoms with Gasteiger partial charge in [0.05, 0.1) is 30.8 Å². The number of fused-ring (bicyclic) bond motifs is 2. The summed E-state index contributed by atoms with van der Waals surface area (Å²) in [4.78, 5) is 14.3. The van der Waals surface area contributed by atoms with E-state index in [0.717, 1.165) is 84.0 Å². The number of carbonyl (C=O) groups is 1. The van der Waals surface area contributed by atoms with Gasteiger partial charge in [0.2, 0.25) is 18.3 Å². The summed E-state index contributed by atoms with van der Waals surface area (Å²) in [6.07, 6.45) is 22.9. The zero-order valence-corrected chi connectivity index (χ0v) is 31.5. The van der Waals surface area contributed by atoms with E-state index in [1.165, 1.54) is 51.4 Å². The molecular formula is C44H54N6O2+2. The Morgan fingerprint density at radius 1 is 0.673 bits per heavy atom. The molecule has 1 aliphatic heterocycles. The van der Waals surface area contributed by atoms with Crippen molar-refractivity contribution in [2.45, 2.75) is 112 Å². The van der Waals surface area contributed by atoms with Crippen LogP contribution in [0.15, 0.2) is 97.3 Å². The summed E-state index contributed by atoms with van der Waals surface area (Å²) >= 11 is 0. The van der Waals surface area contributed by atoms with Gasteiger partial charge >= 0.3 is 0 Å². The summed E-state index contributed by atoms with van der Waals surface area (Å²) in [7, 11) is 0. The second kappa shape index (κ2) is 15.7. The molecule has 0 atom stereocenters. The maximum Gasteiger partial charge on any atom is 0.243 e. The van der Waals surface area contributed by atoms with Crippen LogP contribution in [0.1, 0.15) is 89.0 Å². The van der Waals surface area contributed by atoms with Crippen molar-refractivity contribution in [3.63, 3.8) is 0 Å². The Balaban J connectivity index is 1.15. The maximum absolute atomic E-state index is 14.3. The van der Waals surface area contributed by atoms with Crippen LogP contribution >= 0.6 is 0 Å². The number of para-hydroxylation sites is 2. The van der Waals surface area contributed by atoms with Crippen molar-refractivity contribution in [1.29, 1.82) is 0 Å². The molecule has 0 radical (unpaired) electrons. The van der Waals surface area contributed by atoms with Crippen molar-refractivity contribution in [3.8, 4) is 0 Å². The highest BCUT2D eigenvalue weighted by atomic mass is 16.3. The second-order valence-electron chi connectivity index (χ2n) is 14.6. The number of rotatable bonds is 17. The molecule has 1 aliphatic carbocycles. The van der Waals surface area contributed by atoms with E-state index in [2.05, 4.69) is 105 Å². The highest BCUT2D eigenvalue weighted by Crippen LogP contribution is 2.46. The molecule has 3 aromatic heterocycles. The second-order valence-corrected chi connectivity index (χ2v) is 14.6. The van der Waals surface area contributed by atoms with Gasteiger partial charge in [0.15, 0.2) is 18.0 Å². The number of nitrogens with zero attached hydrogens (tertiary/aromatic N) is 6. The van der Waals surface area contributed by atoms with Crippen LogP contribution < -0.4 is 14.2 Å². The Morgan fingerprint density at radius 2 is 1.31 bits per heavy atom. The molecule has 0 spiro atoms. The SMILES string of the molecule is CCCCCC[n+]1ccn(CCn2c(C)c(C3=C([O-])/C(=C4/C(C)=[N+](CCn5cc[n+](CCCCCC)c5)c5ccccc54)C3=O)c3ccccc32)c1. The Hall–Kier alpha value is -4.98. The number of carbonyl (C=O) groups excluding carboxylic acids is 1. The van der Waals surface area contributed by atoms with Gasteiger partial charge in [0.1, 0.15) is 37.9 Å². The fraction of sp³-hybridized carbons (Fsp3) is 0.409. The number of Topliss-reactive ketones (excluding diaryl/α,β-unsaturated/α-hetero) is 1. The number of imidazole rings is 2. The quantitative estimate of drug-likeness (QED) is 0.0602. The number of unbranched alkanes of at least 4 members (excludes halogenated alkanes) is 6. The first kappa shape index (κ1) is 35.4. The van der Waals surface area contributed by atoms with Crippen LogP contribution in [0.4, 0.5) is 5.69 Å². The summed E-state index contributed by atoms with van der Waals surface area (Å²) in [6, 6.07) is 16.4. The van der Waals surface area contributed by atoms with Crippen molar-refractivity contribution >= 4 is 39.2 Å². The largest absolute Gasteiger partial charge is 0.871 e. The van der Waals surface area contributed by atoms with E-state index in [-0.39, 0.29) is 11.5 Å².